The first-order valence-electron chi connectivity index (χ1n) is 9.40. The largest absolute Gasteiger partial charge is 0.459 e. The number of aldehydes is 1. The van der Waals surface area contributed by atoms with Crippen LogP contribution in [0.3, 0.4) is 0 Å². The quantitative estimate of drug-likeness (QED) is 0.335. The lowest BCUT2D eigenvalue weighted by atomic mass is 10.0. The zero-order valence-corrected chi connectivity index (χ0v) is 18.7. The fourth-order valence-corrected chi connectivity index (χ4v) is 3.64. The van der Waals surface area contributed by atoms with Crippen LogP contribution in [0, 0.1) is 5.92 Å². The van der Waals surface area contributed by atoms with Crippen molar-refractivity contribution in [3.8, 4) is 0 Å². The molecule has 0 aliphatic heterocycles. The Labute approximate surface area is 164 Å². The summed E-state index contributed by atoms with van der Waals surface area (Å²) in [6, 6.07) is 9.85. The number of rotatable bonds is 10. The standard InChI is InChI=1S/C21H34O5Si/c1-16(14-24-15-18-11-9-8-10-12-18)20(25-17(2)23)19(13-22)26-27(6,7)21(3,4)5/h8-13,16,19-20H,14-15H2,1-7H3/t16-,19-,20-/m1/s1. The molecule has 27 heavy (non-hydrogen) atoms. The van der Waals surface area contributed by atoms with E-state index in [1.807, 2.05) is 37.3 Å². The Morgan fingerprint density at radius 2 is 1.78 bits per heavy atom. The minimum Gasteiger partial charge on any atom is -0.459 e. The number of ether oxygens (including phenoxy) is 2. The van der Waals surface area contributed by atoms with Crippen molar-refractivity contribution in [3.05, 3.63) is 35.9 Å². The van der Waals surface area contributed by atoms with Crippen molar-refractivity contribution in [2.75, 3.05) is 6.61 Å². The molecule has 1 aromatic carbocycles. The summed E-state index contributed by atoms with van der Waals surface area (Å²) in [5.41, 5.74) is 1.07. The fourth-order valence-electron chi connectivity index (χ4n) is 2.42. The van der Waals surface area contributed by atoms with Crippen molar-refractivity contribution in [1.29, 1.82) is 0 Å². The van der Waals surface area contributed by atoms with E-state index in [4.69, 9.17) is 13.9 Å². The van der Waals surface area contributed by atoms with Gasteiger partial charge in [-0.3, -0.25) is 4.79 Å². The van der Waals surface area contributed by atoms with Gasteiger partial charge in [-0.1, -0.05) is 58.0 Å². The highest BCUT2D eigenvalue weighted by molar-refractivity contribution is 6.74. The number of hydrogen-bond donors (Lipinski definition) is 0. The van der Waals surface area contributed by atoms with Crippen LogP contribution >= 0.6 is 0 Å². The number of esters is 1. The first-order chi connectivity index (χ1) is 12.5. The van der Waals surface area contributed by atoms with Gasteiger partial charge in [0.2, 0.25) is 0 Å². The van der Waals surface area contributed by atoms with Crippen LogP contribution in [-0.2, 0) is 30.1 Å². The maximum absolute atomic E-state index is 11.8. The van der Waals surface area contributed by atoms with Gasteiger partial charge in [-0.15, -0.1) is 0 Å². The molecule has 0 N–H and O–H groups in total. The predicted octanol–water partition coefficient (Wildman–Crippen LogP) is 4.36. The zero-order valence-electron chi connectivity index (χ0n) is 17.7. The molecule has 0 aliphatic rings. The van der Waals surface area contributed by atoms with Crippen LogP contribution in [0.25, 0.3) is 0 Å². The monoisotopic (exact) mass is 394 g/mol. The summed E-state index contributed by atoms with van der Waals surface area (Å²) in [4.78, 5) is 23.4. The maximum Gasteiger partial charge on any atom is 0.303 e. The van der Waals surface area contributed by atoms with E-state index in [1.165, 1.54) is 6.92 Å². The summed E-state index contributed by atoms with van der Waals surface area (Å²) in [5.74, 6) is -0.613. The highest BCUT2D eigenvalue weighted by Gasteiger charge is 2.42. The molecule has 1 rings (SSSR count). The normalized spacial score (nSPS) is 15.7. The summed E-state index contributed by atoms with van der Waals surface area (Å²) in [7, 11) is -2.20. The minimum absolute atomic E-state index is 0.0535. The number of hydrogen-bond acceptors (Lipinski definition) is 5. The van der Waals surface area contributed by atoms with Gasteiger partial charge in [-0.25, -0.2) is 0 Å². The molecular formula is C21H34O5Si. The van der Waals surface area contributed by atoms with E-state index >= 15 is 0 Å². The van der Waals surface area contributed by atoms with Crippen LogP contribution in [0.5, 0.6) is 0 Å². The molecule has 0 aromatic heterocycles. The second-order valence-corrected chi connectivity index (χ2v) is 13.3. The Balaban J connectivity index is 2.81. The molecule has 0 radical (unpaired) electrons. The highest BCUT2D eigenvalue weighted by atomic mass is 28.4. The molecule has 0 spiro atoms. The molecule has 0 saturated carbocycles. The van der Waals surface area contributed by atoms with Gasteiger partial charge in [0, 0.05) is 12.8 Å². The van der Waals surface area contributed by atoms with Gasteiger partial charge >= 0.3 is 5.97 Å². The Morgan fingerprint density at radius 3 is 2.26 bits per heavy atom. The number of benzene rings is 1. The Hall–Kier alpha value is -1.50. The molecule has 5 nitrogen and oxygen atoms in total. The van der Waals surface area contributed by atoms with Crippen LogP contribution in [0.1, 0.15) is 40.2 Å². The van der Waals surface area contributed by atoms with E-state index < -0.39 is 26.5 Å². The molecule has 0 bridgehead atoms. The Kier molecular flexibility index (Phi) is 8.85. The van der Waals surface area contributed by atoms with Crippen LogP contribution < -0.4 is 0 Å². The molecule has 0 amide bonds. The molecule has 0 fully saturated rings. The summed E-state index contributed by atoms with van der Waals surface area (Å²) in [5, 5.41) is -0.0535. The van der Waals surface area contributed by atoms with E-state index in [9.17, 15) is 9.59 Å². The molecule has 152 valence electrons. The fraction of sp³-hybridized carbons (Fsp3) is 0.619. The SMILES string of the molecule is CC(=O)O[C@H]([C@H](C)COCc1ccccc1)[C@@H](C=O)O[Si](C)(C)C(C)(C)C. The predicted molar refractivity (Wildman–Crippen MR) is 109 cm³/mol. The molecule has 1 aromatic rings. The zero-order chi connectivity index (χ0) is 20.7. The van der Waals surface area contributed by atoms with Crippen molar-refractivity contribution >= 4 is 20.6 Å². The van der Waals surface area contributed by atoms with Crippen molar-refractivity contribution in [1.82, 2.24) is 0 Å². The van der Waals surface area contributed by atoms with E-state index in [1.54, 1.807) is 0 Å². The van der Waals surface area contributed by atoms with Gasteiger partial charge in [0.15, 0.2) is 14.6 Å². The Morgan fingerprint density at radius 1 is 1.19 bits per heavy atom. The maximum atomic E-state index is 11.8. The minimum atomic E-state index is -2.20. The highest BCUT2D eigenvalue weighted by Crippen LogP contribution is 2.38. The van der Waals surface area contributed by atoms with E-state index in [2.05, 4.69) is 33.9 Å². The summed E-state index contributed by atoms with van der Waals surface area (Å²) >= 11 is 0. The summed E-state index contributed by atoms with van der Waals surface area (Å²) < 4.78 is 17.5. The van der Waals surface area contributed by atoms with Crippen LogP contribution in [-0.4, -0.2) is 39.4 Å². The second-order valence-electron chi connectivity index (χ2n) is 8.53. The first-order valence-corrected chi connectivity index (χ1v) is 12.3. The first kappa shape index (κ1) is 23.5. The van der Waals surface area contributed by atoms with Crippen molar-refractivity contribution in [2.45, 2.75) is 71.6 Å². The van der Waals surface area contributed by atoms with Gasteiger partial charge < -0.3 is 18.7 Å². The van der Waals surface area contributed by atoms with Crippen LogP contribution in [0.2, 0.25) is 18.1 Å². The topological polar surface area (TPSA) is 61.8 Å². The lowest BCUT2D eigenvalue weighted by Crippen LogP contribution is -2.50. The van der Waals surface area contributed by atoms with Crippen LogP contribution in [0.4, 0.5) is 0 Å². The second kappa shape index (κ2) is 10.2. The number of carbonyl (C=O) groups is 2. The molecular weight excluding hydrogens is 360 g/mol. The van der Waals surface area contributed by atoms with Gasteiger partial charge in [-0.2, -0.15) is 0 Å². The van der Waals surface area contributed by atoms with Gasteiger partial charge in [0.1, 0.15) is 12.2 Å². The third kappa shape index (κ3) is 7.56. The smallest absolute Gasteiger partial charge is 0.303 e. The molecule has 6 heteroatoms. The molecule has 0 unspecified atom stereocenters. The van der Waals surface area contributed by atoms with E-state index in [0.29, 0.717) is 13.2 Å². The molecule has 0 aliphatic carbocycles. The average molecular weight is 395 g/mol. The third-order valence-electron chi connectivity index (χ3n) is 5.05. The Bertz CT molecular complexity index is 594. The van der Waals surface area contributed by atoms with Gasteiger partial charge in [-0.05, 0) is 23.7 Å². The van der Waals surface area contributed by atoms with Crippen molar-refractivity contribution < 1.29 is 23.5 Å². The number of carbonyl (C=O) groups excluding carboxylic acids is 2. The van der Waals surface area contributed by atoms with E-state index in [0.717, 1.165) is 11.8 Å². The van der Waals surface area contributed by atoms with E-state index in [-0.39, 0.29) is 11.0 Å². The molecule has 3 atom stereocenters. The van der Waals surface area contributed by atoms with Gasteiger partial charge in [0.25, 0.3) is 0 Å². The lowest BCUT2D eigenvalue weighted by molar-refractivity contribution is -0.158. The van der Waals surface area contributed by atoms with Crippen molar-refractivity contribution in [3.63, 3.8) is 0 Å². The molecule has 0 saturated heterocycles. The van der Waals surface area contributed by atoms with Gasteiger partial charge in [0.05, 0.1) is 13.2 Å². The summed E-state index contributed by atoms with van der Waals surface area (Å²) in [6.07, 6.45) is -0.725. The van der Waals surface area contributed by atoms with Crippen molar-refractivity contribution in [2.24, 2.45) is 5.92 Å². The molecule has 0 heterocycles. The average Bonchev–Trinajstić information content (AvgIpc) is 2.57. The summed E-state index contributed by atoms with van der Waals surface area (Å²) in [6.45, 7) is 14.5. The third-order valence-corrected chi connectivity index (χ3v) is 9.52. The van der Waals surface area contributed by atoms with Crippen LogP contribution in [0.15, 0.2) is 30.3 Å². The lowest BCUT2D eigenvalue weighted by Gasteiger charge is -2.40.